The van der Waals surface area contributed by atoms with E-state index < -0.39 is 0 Å². The summed E-state index contributed by atoms with van der Waals surface area (Å²) in [6, 6.07) is 0. The maximum absolute atomic E-state index is 5.61. The van der Waals surface area contributed by atoms with Gasteiger partial charge in [0.2, 0.25) is 0 Å². The predicted molar refractivity (Wildman–Crippen MR) is 51.0 cm³/mol. The van der Waals surface area contributed by atoms with Crippen molar-refractivity contribution in [2.24, 2.45) is 17.1 Å². The van der Waals surface area contributed by atoms with E-state index in [2.05, 4.69) is 13.8 Å². The van der Waals surface area contributed by atoms with Crippen LogP contribution in [0, 0.1) is 11.3 Å². The minimum Gasteiger partial charge on any atom is -0.380 e. The molecule has 0 bridgehead atoms. The van der Waals surface area contributed by atoms with Gasteiger partial charge in [-0.05, 0) is 25.3 Å². The Labute approximate surface area is 75.5 Å². The number of hydrogen-bond acceptors (Lipinski definition) is 2. The van der Waals surface area contributed by atoms with Gasteiger partial charge in [0.25, 0.3) is 0 Å². The fraction of sp³-hybridized carbons (Fsp3) is 1.00. The van der Waals surface area contributed by atoms with Crippen LogP contribution in [0.3, 0.4) is 0 Å². The van der Waals surface area contributed by atoms with Crippen LogP contribution < -0.4 is 5.73 Å². The third kappa shape index (κ3) is 2.20. The van der Waals surface area contributed by atoms with Gasteiger partial charge in [-0.2, -0.15) is 0 Å². The van der Waals surface area contributed by atoms with Crippen LogP contribution in [-0.4, -0.2) is 19.8 Å². The van der Waals surface area contributed by atoms with Crippen LogP contribution in [0.15, 0.2) is 0 Å². The monoisotopic (exact) mass is 171 g/mol. The first-order valence-corrected chi connectivity index (χ1v) is 5.00. The molecule has 72 valence electrons. The molecular formula is C10H21NO. The van der Waals surface area contributed by atoms with Crippen molar-refractivity contribution in [2.75, 3.05) is 19.8 Å². The van der Waals surface area contributed by atoms with Crippen molar-refractivity contribution in [3.05, 3.63) is 0 Å². The van der Waals surface area contributed by atoms with Crippen molar-refractivity contribution in [3.8, 4) is 0 Å². The molecule has 0 aromatic rings. The summed E-state index contributed by atoms with van der Waals surface area (Å²) in [5, 5.41) is 0. The third-order valence-electron chi connectivity index (χ3n) is 2.78. The Morgan fingerprint density at radius 3 is 2.50 bits per heavy atom. The van der Waals surface area contributed by atoms with Gasteiger partial charge in [0, 0.05) is 5.41 Å². The highest BCUT2D eigenvalue weighted by atomic mass is 16.5. The number of ether oxygens (including phenoxy) is 1. The minimum atomic E-state index is 0.494. The van der Waals surface area contributed by atoms with E-state index in [9.17, 15) is 0 Å². The van der Waals surface area contributed by atoms with E-state index >= 15 is 0 Å². The first-order valence-electron chi connectivity index (χ1n) is 5.00. The average Bonchev–Trinajstić information content (AvgIpc) is 2.00. The van der Waals surface area contributed by atoms with Gasteiger partial charge in [-0.25, -0.2) is 0 Å². The Bertz CT molecular complexity index is 132. The smallest absolute Gasteiger partial charge is 0.0544 e. The maximum Gasteiger partial charge on any atom is 0.0544 e. The predicted octanol–water partition coefficient (Wildman–Crippen LogP) is 1.79. The number of rotatable bonds is 5. The van der Waals surface area contributed by atoms with Crippen LogP contribution in [0.4, 0.5) is 0 Å². The lowest BCUT2D eigenvalue weighted by atomic mass is 9.75. The summed E-state index contributed by atoms with van der Waals surface area (Å²) >= 11 is 0. The van der Waals surface area contributed by atoms with Gasteiger partial charge in [-0.3, -0.25) is 0 Å². The Kier molecular flexibility index (Phi) is 3.53. The molecule has 0 amide bonds. The third-order valence-corrected chi connectivity index (χ3v) is 2.78. The van der Waals surface area contributed by atoms with E-state index in [4.69, 9.17) is 10.5 Å². The molecule has 0 aliphatic carbocycles. The van der Waals surface area contributed by atoms with E-state index in [1.807, 2.05) is 0 Å². The number of hydrogen-bond donors (Lipinski definition) is 1. The Morgan fingerprint density at radius 1 is 1.50 bits per heavy atom. The molecule has 1 fully saturated rings. The second-order valence-corrected chi connectivity index (χ2v) is 4.29. The quantitative estimate of drug-likeness (QED) is 0.684. The lowest BCUT2D eigenvalue weighted by Gasteiger charge is -2.43. The minimum absolute atomic E-state index is 0.494. The highest BCUT2D eigenvalue weighted by molar-refractivity contribution is 4.86. The zero-order valence-electron chi connectivity index (χ0n) is 8.31. The highest BCUT2D eigenvalue weighted by Crippen LogP contribution is 2.38. The SMILES string of the molecule is CCCC1(CC(C)CN)COC1. The molecule has 1 heterocycles. The fourth-order valence-electron chi connectivity index (χ4n) is 2.11. The molecule has 1 unspecified atom stereocenters. The molecule has 1 atom stereocenters. The lowest BCUT2D eigenvalue weighted by Crippen LogP contribution is -2.44. The molecule has 0 aromatic carbocycles. The van der Waals surface area contributed by atoms with Crippen molar-refractivity contribution in [2.45, 2.75) is 33.1 Å². The molecule has 0 radical (unpaired) electrons. The summed E-state index contributed by atoms with van der Waals surface area (Å²) in [4.78, 5) is 0. The van der Waals surface area contributed by atoms with Crippen molar-refractivity contribution in [3.63, 3.8) is 0 Å². The molecule has 0 saturated carbocycles. The van der Waals surface area contributed by atoms with Crippen LogP contribution in [0.5, 0.6) is 0 Å². The van der Waals surface area contributed by atoms with Crippen molar-refractivity contribution < 1.29 is 4.74 Å². The highest BCUT2D eigenvalue weighted by Gasteiger charge is 2.38. The molecule has 1 saturated heterocycles. The van der Waals surface area contributed by atoms with E-state index in [1.165, 1.54) is 19.3 Å². The molecule has 1 aliphatic rings. The van der Waals surface area contributed by atoms with Crippen LogP contribution in [0.2, 0.25) is 0 Å². The fourth-order valence-corrected chi connectivity index (χ4v) is 2.11. The summed E-state index contributed by atoms with van der Waals surface area (Å²) in [5.41, 5.74) is 6.11. The number of nitrogens with two attached hydrogens (primary N) is 1. The Morgan fingerprint density at radius 2 is 2.17 bits per heavy atom. The van der Waals surface area contributed by atoms with Crippen molar-refractivity contribution >= 4 is 0 Å². The van der Waals surface area contributed by atoms with E-state index in [0.717, 1.165) is 19.8 Å². The molecule has 0 spiro atoms. The molecule has 1 aliphatic heterocycles. The lowest BCUT2D eigenvalue weighted by molar-refractivity contribution is -0.128. The zero-order valence-corrected chi connectivity index (χ0v) is 8.31. The largest absolute Gasteiger partial charge is 0.380 e. The van der Waals surface area contributed by atoms with Gasteiger partial charge in [0.15, 0.2) is 0 Å². The first kappa shape index (κ1) is 10.0. The van der Waals surface area contributed by atoms with Gasteiger partial charge in [0.1, 0.15) is 0 Å². The summed E-state index contributed by atoms with van der Waals surface area (Å²) in [5.74, 6) is 0.653. The van der Waals surface area contributed by atoms with Crippen molar-refractivity contribution in [1.29, 1.82) is 0 Å². The van der Waals surface area contributed by atoms with Gasteiger partial charge >= 0.3 is 0 Å². The standard InChI is InChI=1S/C10H21NO/c1-3-4-10(7-12-8-10)5-9(2)6-11/h9H,3-8,11H2,1-2H3. The van der Waals surface area contributed by atoms with Gasteiger partial charge in [-0.1, -0.05) is 20.3 Å². The molecule has 1 rings (SSSR count). The van der Waals surface area contributed by atoms with Crippen molar-refractivity contribution in [1.82, 2.24) is 0 Å². The van der Waals surface area contributed by atoms with E-state index in [-0.39, 0.29) is 0 Å². The van der Waals surface area contributed by atoms with Crippen LogP contribution in [-0.2, 0) is 4.74 Å². The molecule has 2 heteroatoms. The Balaban J connectivity index is 2.33. The van der Waals surface area contributed by atoms with Gasteiger partial charge < -0.3 is 10.5 Å². The zero-order chi connectivity index (χ0) is 9.03. The van der Waals surface area contributed by atoms with E-state index in [1.54, 1.807) is 0 Å². The topological polar surface area (TPSA) is 35.2 Å². The van der Waals surface area contributed by atoms with Crippen LogP contribution in [0.1, 0.15) is 33.1 Å². The summed E-state index contributed by atoms with van der Waals surface area (Å²) in [6.45, 7) is 7.21. The second kappa shape index (κ2) is 4.24. The molecule has 2 N–H and O–H groups in total. The summed E-state index contributed by atoms with van der Waals surface area (Å²) < 4.78 is 5.30. The van der Waals surface area contributed by atoms with Crippen LogP contribution in [0.25, 0.3) is 0 Å². The summed E-state index contributed by atoms with van der Waals surface area (Å²) in [6.07, 6.45) is 3.81. The second-order valence-electron chi connectivity index (χ2n) is 4.29. The normalized spacial score (nSPS) is 23.2. The van der Waals surface area contributed by atoms with Gasteiger partial charge in [-0.15, -0.1) is 0 Å². The van der Waals surface area contributed by atoms with Gasteiger partial charge in [0.05, 0.1) is 13.2 Å². The van der Waals surface area contributed by atoms with Crippen LogP contribution >= 0.6 is 0 Å². The first-order chi connectivity index (χ1) is 5.72. The Hall–Kier alpha value is -0.0800. The molecule has 12 heavy (non-hydrogen) atoms. The summed E-state index contributed by atoms with van der Waals surface area (Å²) in [7, 11) is 0. The molecule has 0 aromatic heterocycles. The molecule has 2 nitrogen and oxygen atoms in total. The molecular weight excluding hydrogens is 150 g/mol. The average molecular weight is 171 g/mol. The maximum atomic E-state index is 5.61. The van der Waals surface area contributed by atoms with E-state index in [0.29, 0.717) is 11.3 Å².